The molecule has 7 heteroatoms. The molecule has 0 spiro atoms. The molecular weight excluding hydrogens is 308 g/mol. The van der Waals surface area contributed by atoms with Crippen molar-refractivity contribution in [1.82, 2.24) is 20.7 Å². The molecule has 1 unspecified atom stereocenters. The van der Waals surface area contributed by atoms with Gasteiger partial charge in [0.2, 0.25) is 0 Å². The fraction of sp³-hybridized carbons (Fsp3) is 0.529. The molecule has 0 aliphatic heterocycles. The van der Waals surface area contributed by atoms with Crippen LogP contribution in [0.5, 0.6) is 0 Å². The van der Waals surface area contributed by atoms with Crippen molar-refractivity contribution in [2.45, 2.75) is 46.1 Å². The van der Waals surface area contributed by atoms with E-state index in [0.29, 0.717) is 22.5 Å². The maximum absolute atomic E-state index is 12.1. The van der Waals surface area contributed by atoms with Gasteiger partial charge in [0.25, 0.3) is 5.91 Å². The Balaban J connectivity index is 1.79. The van der Waals surface area contributed by atoms with Gasteiger partial charge in [0.1, 0.15) is 11.0 Å². The summed E-state index contributed by atoms with van der Waals surface area (Å²) in [6, 6.07) is 5.09. The second kappa shape index (κ2) is 8.42. The van der Waals surface area contributed by atoms with Crippen LogP contribution < -0.4 is 5.32 Å². The summed E-state index contributed by atoms with van der Waals surface area (Å²) in [5, 5.41) is 13.1. The van der Waals surface area contributed by atoms with E-state index in [2.05, 4.69) is 34.6 Å². The Morgan fingerprint density at radius 3 is 2.75 bits per heavy atom. The smallest absolute Gasteiger partial charge is 0.340 e. The number of rotatable bonds is 8. The Bertz CT molecular complexity index is 696. The van der Waals surface area contributed by atoms with E-state index < -0.39 is 5.97 Å². The van der Waals surface area contributed by atoms with Crippen molar-refractivity contribution < 1.29 is 14.3 Å². The lowest BCUT2D eigenvalue weighted by molar-refractivity contribution is -0.124. The molecule has 0 bridgehead atoms. The van der Waals surface area contributed by atoms with Gasteiger partial charge in [0.15, 0.2) is 6.61 Å². The van der Waals surface area contributed by atoms with Crippen molar-refractivity contribution in [2.24, 2.45) is 5.92 Å². The highest BCUT2D eigenvalue weighted by molar-refractivity contribution is 6.02. The van der Waals surface area contributed by atoms with Crippen molar-refractivity contribution in [2.75, 3.05) is 6.61 Å². The van der Waals surface area contributed by atoms with Crippen LogP contribution in [0.1, 0.15) is 50.4 Å². The van der Waals surface area contributed by atoms with E-state index in [1.165, 1.54) is 0 Å². The number of hydrogen-bond acceptors (Lipinski definition) is 5. The van der Waals surface area contributed by atoms with Crippen LogP contribution in [0.15, 0.2) is 18.2 Å². The van der Waals surface area contributed by atoms with Crippen molar-refractivity contribution in [1.29, 1.82) is 0 Å². The van der Waals surface area contributed by atoms with Crippen LogP contribution in [0.4, 0.5) is 0 Å². The number of nitrogens with zero attached hydrogens (tertiary/aromatic N) is 2. The first-order chi connectivity index (χ1) is 11.5. The zero-order valence-electron chi connectivity index (χ0n) is 14.3. The summed E-state index contributed by atoms with van der Waals surface area (Å²) in [5.41, 5.74) is 1.30. The minimum absolute atomic E-state index is 0.0638. The average molecular weight is 332 g/mol. The van der Waals surface area contributed by atoms with E-state index in [1.807, 2.05) is 6.92 Å². The number of aromatic nitrogens is 3. The molecule has 2 rings (SSSR count). The summed E-state index contributed by atoms with van der Waals surface area (Å²) in [6.07, 6.45) is 3.11. The number of benzene rings is 1. The van der Waals surface area contributed by atoms with Gasteiger partial charge in [0.05, 0.1) is 5.56 Å². The molecule has 24 heavy (non-hydrogen) atoms. The number of ether oxygens (including phenoxy) is 1. The van der Waals surface area contributed by atoms with E-state index in [1.54, 1.807) is 18.2 Å². The third-order valence-electron chi connectivity index (χ3n) is 3.73. The normalized spacial score (nSPS) is 12.3. The quantitative estimate of drug-likeness (QED) is 0.724. The van der Waals surface area contributed by atoms with Crippen molar-refractivity contribution in [3.05, 3.63) is 23.8 Å². The van der Waals surface area contributed by atoms with E-state index in [-0.39, 0.29) is 18.6 Å². The van der Waals surface area contributed by atoms with Gasteiger partial charge in [-0.2, -0.15) is 15.4 Å². The van der Waals surface area contributed by atoms with E-state index in [0.717, 1.165) is 19.3 Å². The summed E-state index contributed by atoms with van der Waals surface area (Å²) in [4.78, 5) is 24.0. The predicted octanol–water partition coefficient (Wildman–Crippen LogP) is 2.45. The third kappa shape index (κ3) is 5.04. The Morgan fingerprint density at radius 1 is 1.21 bits per heavy atom. The summed E-state index contributed by atoms with van der Waals surface area (Å²) in [7, 11) is 0. The first-order valence-electron chi connectivity index (χ1n) is 8.23. The number of H-pyrrole nitrogens is 1. The predicted molar refractivity (Wildman–Crippen MR) is 90.5 cm³/mol. The lowest BCUT2D eigenvalue weighted by Gasteiger charge is -2.14. The highest BCUT2D eigenvalue weighted by Crippen LogP contribution is 2.14. The molecule has 1 atom stereocenters. The fourth-order valence-electron chi connectivity index (χ4n) is 2.46. The van der Waals surface area contributed by atoms with Crippen LogP contribution >= 0.6 is 0 Å². The summed E-state index contributed by atoms with van der Waals surface area (Å²) in [6.45, 7) is 6.01. The number of amides is 1. The molecule has 1 aromatic heterocycles. The molecule has 0 fully saturated rings. The number of fused-ring (bicyclic) bond motifs is 1. The van der Waals surface area contributed by atoms with Crippen molar-refractivity contribution in [3.8, 4) is 0 Å². The third-order valence-corrected chi connectivity index (χ3v) is 3.73. The van der Waals surface area contributed by atoms with Crippen LogP contribution in [0.3, 0.4) is 0 Å². The van der Waals surface area contributed by atoms with Crippen LogP contribution in [-0.2, 0) is 9.53 Å². The number of carbonyl (C=O) groups excluding carboxylic acids is 2. The first-order valence-corrected chi connectivity index (χ1v) is 8.23. The average Bonchev–Trinajstić information content (AvgIpc) is 3.00. The zero-order chi connectivity index (χ0) is 17.5. The second-order valence-electron chi connectivity index (χ2n) is 6.37. The highest BCUT2D eigenvalue weighted by Gasteiger charge is 2.16. The molecule has 1 amide bonds. The molecule has 0 saturated carbocycles. The zero-order valence-corrected chi connectivity index (χ0v) is 14.3. The molecule has 2 N–H and O–H groups in total. The Hall–Kier alpha value is -2.44. The molecule has 2 aromatic rings. The van der Waals surface area contributed by atoms with Gasteiger partial charge in [-0.25, -0.2) is 4.79 Å². The number of hydrogen-bond donors (Lipinski definition) is 2. The molecule has 130 valence electrons. The highest BCUT2D eigenvalue weighted by atomic mass is 16.5. The van der Waals surface area contributed by atoms with Crippen molar-refractivity contribution >= 4 is 22.9 Å². The molecule has 0 aliphatic rings. The molecule has 7 nitrogen and oxygen atoms in total. The summed E-state index contributed by atoms with van der Waals surface area (Å²) < 4.78 is 5.08. The van der Waals surface area contributed by atoms with E-state index in [4.69, 9.17) is 4.74 Å². The maximum Gasteiger partial charge on any atom is 0.340 e. The Morgan fingerprint density at radius 2 is 2.00 bits per heavy atom. The SMILES string of the molecule is CC(C)CCCC(C)NC(=O)COC(=O)c1cccc2n[nH]nc12. The molecule has 1 aromatic carbocycles. The molecular formula is C17H24N4O3. The summed E-state index contributed by atoms with van der Waals surface area (Å²) in [5.74, 6) is -0.224. The Kier molecular flexibility index (Phi) is 6.28. The molecule has 0 aliphatic carbocycles. The topological polar surface area (TPSA) is 97.0 Å². The number of esters is 1. The summed E-state index contributed by atoms with van der Waals surface area (Å²) >= 11 is 0. The first kappa shape index (κ1) is 17.9. The fourth-order valence-corrected chi connectivity index (χ4v) is 2.46. The van der Waals surface area contributed by atoms with Gasteiger partial charge < -0.3 is 10.1 Å². The van der Waals surface area contributed by atoms with Crippen LogP contribution in [-0.4, -0.2) is 39.9 Å². The minimum Gasteiger partial charge on any atom is -0.452 e. The van der Waals surface area contributed by atoms with Gasteiger partial charge >= 0.3 is 5.97 Å². The lowest BCUT2D eigenvalue weighted by Crippen LogP contribution is -2.35. The number of carbonyl (C=O) groups is 2. The Labute approximate surface area is 141 Å². The van der Waals surface area contributed by atoms with Gasteiger partial charge in [-0.05, 0) is 31.4 Å². The van der Waals surface area contributed by atoms with Gasteiger partial charge in [-0.3, -0.25) is 4.79 Å². The van der Waals surface area contributed by atoms with E-state index >= 15 is 0 Å². The number of aromatic amines is 1. The standard InChI is InChI=1S/C17H24N4O3/c1-11(2)6-4-7-12(3)18-15(22)10-24-17(23)13-8-5-9-14-16(13)20-21-19-14/h5,8-9,11-12H,4,6-7,10H2,1-3H3,(H,18,22)(H,19,20,21). The maximum atomic E-state index is 12.1. The van der Waals surface area contributed by atoms with Gasteiger partial charge in [0, 0.05) is 6.04 Å². The van der Waals surface area contributed by atoms with Crippen LogP contribution in [0.2, 0.25) is 0 Å². The number of para-hydroxylation sites is 1. The van der Waals surface area contributed by atoms with Gasteiger partial charge in [-0.15, -0.1) is 0 Å². The monoisotopic (exact) mass is 332 g/mol. The van der Waals surface area contributed by atoms with Crippen LogP contribution in [0, 0.1) is 5.92 Å². The number of nitrogens with one attached hydrogen (secondary N) is 2. The second-order valence-corrected chi connectivity index (χ2v) is 6.37. The van der Waals surface area contributed by atoms with Gasteiger partial charge in [-0.1, -0.05) is 32.8 Å². The lowest BCUT2D eigenvalue weighted by atomic mass is 10.0. The largest absolute Gasteiger partial charge is 0.452 e. The molecule has 1 heterocycles. The molecule has 0 radical (unpaired) electrons. The van der Waals surface area contributed by atoms with E-state index in [9.17, 15) is 9.59 Å². The molecule has 0 saturated heterocycles. The van der Waals surface area contributed by atoms with Crippen LogP contribution in [0.25, 0.3) is 11.0 Å². The van der Waals surface area contributed by atoms with Crippen molar-refractivity contribution in [3.63, 3.8) is 0 Å². The minimum atomic E-state index is -0.586.